The Morgan fingerprint density at radius 3 is 2.90 bits per heavy atom. The van der Waals surface area contributed by atoms with Crippen LogP contribution in [0.4, 0.5) is 0 Å². The molecule has 10 heavy (non-hydrogen) atoms. The van der Waals surface area contributed by atoms with Crippen molar-refractivity contribution in [1.82, 2.24) is 8.75 Å². The fourth-order valence-corrected chi connectivity index (χ4v) is 1.75. The molecule has 1 aromatic heterocycles. The maximum atomic E-state index is 4.11. The van der Waals surface area contributed by atoms with Crippen LogP contribution < -0.4 is 0 Å². The second-order valence-electron chi connectivity index (χ2n) is 1.90. The summed E-state index contributed by atoms with van der Waals surface area (Å²) < 4.78 is 9.40. The van der Waals surface area contributed by atoms with Gasteiger partial charge in [-0.05, 0) is 40.8 Å². The first-order valence-corrected chi connectivity index (χ1v) is 4.55. The first-order chi connectivity index (χ1) is 4.86. The van der Waals surface area contributed by atoms with Gasteiger partial charge in [0.05, 0.1) is 11.7 Å². The van der Waals surface area contributed by atoms with Gasteiger partial charge in [-0.2, -0.15) is 8.75 Å². The molecule has 1 heterocycles. The molecule has 2 aromatic rings. The Morgan fingerprint density at radius 2 is 2.00 bits per heavy atom. The second kappa shape index (κ2) is 2.43. The summed E-state index contributed by atoms with van der Waals surface area (Å²) in [5.74, 6) is 0. The number of fused-ring (bicyclic) bond motifs is 1. The SMILES string of the molecule is Ic1ccc2nsnc2c1. The molecule has 2 nitrogen and oxygen atoms in total. The summed E-state index contributed by atoms with van der Waals surface area (Å²) in [6.07, 6.45) is 0. The van der Waals surface area contributed by atoms with E-state index in [2.05, 4.69) is 31.3 Å². The Kier molecular flexibility index (Phi) is 1.57. The molecule has 0 spiro atoms. The van der Waals surface area contributed by atoms with E-state index in [0.29, 0.717) is 0 Å². The monoisotopic (exact) mass is 262 g/mol. The molecular weight excluding hydrogens is 259 g/mol. The summed E-state index contributed by atoms with van der Waals surface area (Å²) in [6, 6.07) is 6.05. The zero-order valence-corrected chi connectivity index (χ0v) is 7.89. The summed E-state index contributed by atoms with van der Waals surface area (Å²) in [5, 5.41) is 0. The van der Waals surface area contributed by atoms with E-state index in [1.165, 1.54) is 15.3 Å². The molecule has 0 atom stereocenters. The molecule has 0 aliphatic carbocycles. The predicted octanol–water partition coefficient (Wildman–Crippen LogP) is 2.30. The largest absolute Gasteiger partial charge is 0.173 e. The summed E-state index contributed by atoms with van der Waals surface area (Å²) in [4.78, 5) is 0. The molecule has 0 radical (unpaired) electrons. The molecule has 0 saturated heterocycles. The summed E-state index contributed by atoms with van der Waals surface area (Å²) >= 11 is 3.52. The molecule has 0 saturated carbocycles. The Morgan fingerprint density at radius 1 is 1.20 bits per heavy atom. The molecule has 0 aliphatic heterocycles. The third-order valence-corrected chi connectivity index (χ3v) is 2.44. The van der Waals surface area contributed by atoms with Crippen LogP contribution in [0, 0.1) is 3.57 Å². The number of aromatic nitrogens is 2. The Hall–Kier alpha value is -0.230. The highest BCUT2D eigenvalue weighted by atomic mass is 127. The number of hydrogen-bond acceptors (Lipinski definition) is 3. The van der Waals surface area contributed by atoms with Gasteiger partial charge in [0.1, 0.15) is 11.0 Å². The highest BCUT2D eigenvalue weighted by molar-refractivity contribution is 14.1. The predicted molar refractivity (Wildman–Crippen MR) is 50.1 cm³/mol. The normalized spacial score (nSPS) is 10.5. The van der Waals surface area contributed by atoms with Gasteiger partial charge in [-0.15, -0.1) is 0 Å². The minimum atomic E-state index is 0.991. The number of benzene rings is 1. The van der Waals surface area contributed by atoms with Crippen molar-refractivity contribution >= 4 is 45.4 Å². The molecule has 0 unspecified atom stereocenters. The van der Waals surface area contributed by atoms with Crippen LogP contribution in [0.3, 0.4) is 0 Å². The van der Waals surface area contributed by atoms with E-state index in [1.54, 1.807) is 0 Å². The fraction of sp³-hybridized carbons (Fsp3) is 0. The van der Waals surface area contributed by atoms with Crippen LogP contribution in [0.25, 0.3) is 11.0 Å². The second-order valence-corrected chi connectivity index (χ2v) is 3.67. The Balaban J connectivity index is 2.86. The van der Waals surface area contributed by atoms with Crippen molar-refractivity contribution in [3.05, 3.63) is 21.8 Å². The average Bonchev–Trinajstić information content (AvgIpc) is 2.33. The molecule has 50 valence electrons. The Labute approximate surface area is 75.7 Å². The van der Waals surface area contributed by atoms with Gasteiger partial charge in [-0.1, -0.05) is 0 Å². The summed E-state index contributed by atoms with van der Waals surface area (Å²) in [7, 11) is 0. The third-order valence-electron chi connectivity index (χ3n) is 1.22. The van der Waals surface area contributed by atoms with Gasteiger partial charge in [0, 0.05) is 3.57 Å². The van der Waals surface area contributed by atoms with Crippen molar-refractivity contribution in [2.45, 2.75) is 0 Å². The van der Waals surface area contributed by atoms with Crippen LogP contribution in [0.2, 0.25) is 0 Å². The van der Waals surface area contributed by atoms with Gasteiger partial charge in [0.15, 0.2) is 0 Å². The molecule has 0 bridgehead atoms. The summed E-state index contributed by atoms with van der Waals surface area (Å²) in [6.45, 7) is 0. The van der Waals surface area contributed by atoms with Gasteiger partial charge in [-0.25, -0.2) is 0 Å². The van der Waals surface area contributed by atoms with Crippen molar-refractivity contribution in [2.24, 2.45) is 0 Å². The number of hydrogen-bond donors (Lipinski definition) is 0. The first kappa shape index (κ1) is 6.48. The maximum Gasteiger partial charge on any atom is 0.105 e. The van der Waals surface area contributed by atoms with Crippen molar-refractivity contribution < 1.29 is 0 Å². The number of halogens is 1. The lowest BCUT2D eigenvalue weighted by Gasteiger charge is -1.85. The van der Waals surface area contributed by atoms with E-state index in [1.807, 2.05) is 18.2 Å². The standard InChI is InChI=1S/C6H3IN2S/c7-4-1-2-5-6(3-4)9-10-8-5/h1-3H. The minimum absolute atomic E-state index is 0.991. The topological polar surface area (TPSA) is 25.8 Å². The van der Waals surface area contributed by atoms with E-state index in [4.69, 9.17) is 0 Å². The van der Waals surface area contributed by atoms with Gasteiger partial charge in [-0.3, -0.25) is 0 Å². The summed E-state index contributed by atoms with van der Waals surface area (Å²) in [5.41, 5.74) is 1.99. The van der Waals surface area contributed by atoms with E-state index < -0.39 is 0 Å². The van der Waals surface area contributed by atoms with E-state index in [9.17, 15) is 0 Å². The highest BCUT2D eigenvalue weighted by Gasteiger charge is 1.96. The fourth-order valence-electron chi connectivity index (χ4n) is 0.755. The molecule has 0 amide bonds. The van der Waals surface area contributed by atoms with Crippen LogP contribution in [-0.4, -0.2) is 8.75 Å². The van der Waals surface area contributed by atoms with Gasteiger partial charge < -0.3 is 0 Å². The van der Waals surface area contributed by atoms with Crippen molar-refractivity contribution in [2.75, 3.05) is 0 Å². The van der Waals surface area contributed by atoms with Gasteiger partial charge in [0.25, 0.3) is 0 Å². The lowest BCUT2D eigenvalue weighted by Crippen LogP contribution is -1.70. The molecule has 1 aromatic carbocycles. The maximum absolute atomic E-state index is 4.11. The zero-order chi connectivity index (χ0) is 6.97. The smallest absolute Gasteiger partial charge is 0.105 e. The first-order valence-electron chi connectivity index (χ1n) is 2.74. The van der Waals surface area contributed by atoms with Crippen LogP contribution in [0.1, 0.15) is 0 Å². The molecule has 0 aliphatic rings. The highest BCUT2D eigenvalue weighted by Crippen LogP contribution is 2.14. The van der Waals surface area contributed by atoms with Crippen molar-refractivity contribution in [1.29, 1.82) is 0 Å². The van der Waals surface area contributed by atoms with Crippen LogP contribution >= 0.6 is 34.3 Å². The van der Waals surface area contributed by atoms with E-state index in [0.717, 1.165) is 11.0 Å². The van der Waals surface area contributed by atoms with Crippen molar-refractivity contribution in [3.8, 4) is 0 Å². The number of nitrogens with zero attached hydrogens (tertiary/aromatic N) is 2. The van der Waals surface area contributed by atoms with E-state index >= 15 is 0 Å². The number of rotatable bonds is 0. The van der Waals surface area contributed by atoms with E-state index in [-0.39, 0.29) is 0 Å². The third kappa shape index (κ3) is 1.01. The van der Waals surface area contributed by atoms with Gasteiger partial charge >= 0.3 is 0 Å². The quantitative estimate of drug-likeness (QED) is 0.681. The molecule has 4 heteroatoms. The molecule has 2 rings (SSSR count). The molecule has 0 N–H and O–H groups in total. The lowest BCUT2D eigenvalue weighted by molar-refractivity contribution is 1.61. The van der Waals surface area contributed by atoms with Gasteiger partial charge in [0.2, 0.25) is 0 Å². The van der Waals surface area contributed by atoms with Crippen LogP contribution in [-0.2, 0) is 0 Å². The van der Waals surface area contributed by atoms with Crippen molar-refractivity contribution in [3.63, 3.8) is 0 Å². The lowest BCUT2D eigenvalue weighted by atomic mass is 10.3. The average molecular weight is 262 g/mol. The molecule has 0 fully saturated rings. The van der Waals surface area contributed by atoms with Crippen LogP contribution in [0.5, 0.6) is 0 Å². The minimum Gasteiger partial charge on any atom is -0.173 e. The van der Waals surface area contributed by atoms with Crippen LogP contribution in [0.15, 0.2) is 18.2 Å². The molecular formula is C6H3IN2S. The zero-order valence-electron chi connectivity index (χ0n) is 4.91. The Bertz CT molecular complexity index is 357.